The van der Waals surface area contributed by atoms with Crippen molar-refractivity contribution in [2.75, 3.05) is 7.05 Å². The molecule has 140 valence electrons. The van der Waals surface area contributed by atoms with Crippen LogP contribution in [0.4, 0.5) is 0 Å². The third-order valence-corrected chi connectivity index (χ3v) is 5.62. The first-order chi connectivity index (χ1) is 12.9. The first kappa shape index (κ1) is 19.4. The molecule has 0 aliphatic carbocycles. The summed E-state index contributed by atoms with van der Waals surface area (Å²) in [7, 11) is 1.77. The number of amides is 1. The van der Waals surface area contributed by atoms with Crippen LogP contribution in [0.5, 0.6) is 5.75 Å². The number of aryl methyl sites for hydroxylation is 2. The third kappa shape index (κ3) is 4.87. The Morgan fingerprint density at radius 2 is 1.85 bits per heavy atom. The summed E-state index contributed by atoms with van der Waals surface area (Å²) >= 11 is 7.57. The number of benzene rings is 2. The monoisotopic (exact) mass is 400 g/mol. The van der Waals surface area contributed by atoms with E-state index < -0.39 is 0 Å². The Labute approximate surface area is 168 Å². The second-order valence-electron chi connectivity index (χ2n) is 6.38. The zero-order valence-electron chi connectivity index (χ0n) is 15.5. The highest BCUT2D eigenvalue weighted by atomic mass is 35.5. The number of halogens is 1. The number of carbonyl (C=O) groups excluding carboxylic acids is 1. The molecule has 0 radical (unpaired) electrons. The smallest absolute Gasteiger partial charge is 0.265 e. The predicted molar refractivity (Wildman–Crippen MR) is 110 cm³/mol. The van der Waals surface area contributed by atoms with Gasteiger partial charge in [-0.05, 0) is 37.6 Å². The van der Waals surface area contributed by atoms with Crippen molar-refractivity contribution in [3.63, 3.8) is 0 Å². The van der Waals surface area contributed by atoms with E-state index in [-0.39, 0.29) is 5.91 Å². The summed E-state index contributed by atoms with van der Waals surface area (Å²) in [5.41, 5.74) is 2.82. The molecule has 3 aromatic rings. The molecule has 0 N–H and O–H groups in total. The van der Waals surface area contributed by atoms with Gasteiger partial charge in [0.15, 0.2) is 0 Å². The normalized spacial score (nSPS) is 10.7. The Hall–Kier alpha value is -2.37. The molecule has 1 aromatic heterocycles. The first-order valence-electron chi connectivity index (χ1n) is 8.58. The van der Waals surface area contributed by atoms with Crippen molar-refractivity contribution in [3.05, 3.63) is 80.3 Å². The molecule has 0 atom stereocenters. The molecule has 27 heavy (non-hydrogen) atoms. The van der Waals surface area contributed by atoms with E-state index >= 15 is 0 Å². The van der Waals surface area contributed by atoms with Crippen LogP contribution in [0.2, 0.25) is 5.02 Å². The van der Waals surface area contributed by atoms with Gasteiger partial charge in [0.2, 0.25) is 0 Å². The third-order valence-electron chi connectivity index (χ3n) is 4.13. The minimum absolute atomic E-state index is 0.0634. The molecular weight excluding hydrogens is 380 g/mol. The molecule has 2 aromatic carbocycles. The molecule has 0 aliphatic heterocycles. The van der Waals surface area contributed by atoms with Crippen molar-refractivity contribution in [1.29, 1.82) is 0 Å². The van der Waals surface area contributed by atoms with Gasteiger partial charge in [0.1, 0.15) is 22.2 Å². The quantitative estimate of drug-likeness (QED) is 0.566. The highest BCUT2D eigenvalue weighted by molar-refractivity contribution is 7.13. The minimum Gasteiger partial charge on any atom is -0.486 e. The molecule has 6 heteroatoms. The zero-order valence-corrected chi connectivity index (χ0v) is 17.1. The van der Waals surface area contributed by atoms with Gasteiger partial charge in [-0.2, -0.15) is 0 Å². The van der Waals surface area contributed by atoms with Gasteiger partial charge in [0.05, 0.1) is 5.69 Å². The SMILES string of the molecule is Cc1ccc(OCc2nc(C)c(C(=O)N(C)Cc3ccccc3Cl)s2)cc1. The lowest BCUT2D eigenvalue weighted by Crippen LogP contribution is -2.26. The van der Waals surface area contributed by atoms with E-state index in [9.17, 15) is 4.79 Å². The van der Waals surface area contributed by atoms with Crippen molar-refractivity contribution >= 4 is 28.8 Å². The lowest BCUT2D eigenvalue weighted by molar-refractivity contribution is 0.0789. The summed E-state index contributed by atoms with van der Waals surface area (Å²) in [4.78, 5) is 19.6. The predicted octanol–water partition coefficient (Wildman–Crippen LogP) is 5.26. The Balaban J connectivity index is 1.66. The molecular formula is C21H21ClN2O2S. The van der Waals surface area contributed by atoms with Crippen LogP contribution in [-0.4, -0.2) is 22.8 Å². The van der Waals surface area contributed by atoms with Crippen LogP contribution in [0.3, 0.4) is 0 Å². The molecule has 0 aliphatic rings. The molecule has 0 fully saturated rings. The van der Waals surface area contributed by atoms with Crippen LogP contribution in [0.25, 0.3) is 0 Å². The van der Waals surface area contributed by atoms with Gasteiger partial charge in [-0.1, -0.05) is 47.5 Å². The summed E-state index contributed by atoms with van der Waals surface area (Å²) in [5.74, 6) is 0.726. The topological polar surface area (TPSA) is 42.4 Å². The lowest BCUT2D eigenvalue weighted by atomic mass is 10.2. The highest BCUT2D eigenvalue weighted by Gasteiger charge is 2.20. The lowest BCUT2D eigenvalue weighted by Gasteiger charge is -2.17. The van der Waals surface area contributed by atoms with Gasteiger partial charge in [0, 0.05) is 18.6 Å². The van der Waals surface area contributed by atoms with Crippen LogP contribution in [0.15, 0.2) is 48.5 Å². The zero-order chi connectivity index (χ0) is 19.4. The van der Waals surface area contributed by atoms with Crippen LogP contribution in [0, 0.1) is 13.8 Å². The largest absolute Gasteiger partial charge is 0.486 e. The number of thiazole rings is 1. The van der Waals surface area contributed by atoms with E-state index in [0.29, 0.717) is 23.1 Å². The number of hydrogen-bond donors (Lipinski definition) is 0. The highest BCUT2D eigenvalue weighted by Crippen LogP contribution is 2.23. The van der Waals surface area contributed by atoms with Crippen molar-refractivity contribution < 1.29 is 9.53 Å². The van der Waals surface area contributed by atoms with E-state index in [1.165, 1.54) is 16.9 Å². The molecule has 0 saturated heterocycles. The van der Waals surface area contributed by atoms with Crippen molar-refractivity contribution in [3.8, 4) is 5.75 Å². The fraction of sp³-hybridized carbons (Fsp3) is 0.238. The summed E-state index contributed by atoms with van der Waals surface area (Å²) in [6.07, 6.45) is 0. The average Bonchev–Trinajstić information content (AvgIpc) is 3.03. The fourth-order valence-electron chi connectivity index (χ4n) is 2.62. The second-order valence-corrected chi connectivity index (χ2v) is 7.87. The molecule has 3 rings (SSSR count). The van der Waals surface area contributed by atoms with Crippen molar-refractivity contribution in [1.82, 2.24) is 9.88 Å². The maximum Gasteiger partial charge on any atom is 0.265 e. The summed E-state index contributed by atoms with van der Waals surface area (Å²) in [6, 6.07) is 15.4. The standard InChI is InChI=1S/C21H21ClN2O2S/c1-14-8-10-17(11-9-14)26-13-19-23-15(2)20(27-19)21(25)24(3)12-16-6-4-5-7-18(16)22/h4-11H,12-13H2,1-3H3. The number of hydrogen-bond acceptors (Lipinski definition) is 4. The average molecular weight is 401 g/mol. The van der Waals surface area contributed by atoms with Crippen molar-refractivity contribution in [2.45, 2.75) is 27.0 Å². The maximum atomic E-state index is 12.8. The first-order valence-corrected chi connectivity index (χ1v) is 9.78. The fourth-order valence-corrected chi connectivity index (χ4v) is 3.79. The Morgan fingerprint density at radius 1 is 1.15 bits per heavy atom. The molecule has 1 heterocycles. The van der Waals surface area contributed by atoms with E-state index in [0.717, 1.165) is 22.0 Å². The van der Waals surface area contributed by atoms with Gasteiger partial charge >= 0.3 is 0 Å². The maximum absolute atomic E-state index is 12.8. The van der Waals surface area contributed by atoms with E-state index in [1.807, 2.05) is 62.4 Å². The van der Waals surface area contributed by atoms with Gasteiger partial charge in [-0.25, -0.2) is 4.98 Å². The Morgan fingerprint density at radius 3 is 2.56 bits per heavy atom. The van der Waals surface area contributed by atoms with Crippen LogP contribution in [-0.2, 0) is 13.2 Å². The minimum atomic E-state index is -0.0634. The number of aromatic nitrogens is 1. The number of nitrogens with zero attached hydrogens (tertiary/aromatic N) is 2. The van der Waals surface area contributed by atoms with Crippen LogP contribution >= 0.6 is 22.9 Å². The number of carbonyl (C=O) groups is 1. The van der Waals surface area contributed by atoms with Gasteiger partial charge in [-0.15, -0.1) is 11.3 Å². The van der Waals surface area contributed by atoms with Gasteiger partial charge < -0.3 is 9.64 Å². The summed E-state index contributed by atoms with van der Waals surface area (Å²) in [6.45, 7) is 4.68. The summed E-state index contributed by atoms with van der Waals surface area (Å²) in [5, 5.41) is 1.44. The number of ether oxygens (including phenoxy) is 1. The molecule has 0 unspecified atom stereocenters. The Bertz CT molecular complexity index is 938. The van der Waals surface area contributed by atoms with Crippen molar-refractivity contribution in [2.24, 2.45) is 0 Å². The van der Waals surface area contributed by atoms with E-state index in [2.05, 4.69) is 4.98 Å². The van der Waals surface area contributed by atoms with Crippen LogP contribution in [0.1, 0.15) is 31.5 Å². The number of rotatable bonds is 6. The molecule has 0 bridgehead atoms. The van der Waals surface area contributed by atoms with E-state index in [4.69, 9.17) is 16.3 Å². The Kier molecular flexibility index (Phi) is 6.14. The summed E-state index contributed by atoms with van der Waals surface area (Å²) < 4.78 is 5.77. The molecule has 1 amide bonds. The van der Waals surface area contributed by atoms with Gasteiger partial charge in [-0.3, -0.25) is 4.79 Å². The van der Waals surface area contributed by atoms with Crippen LogP contribution < -0.4 is 4.74 Å². The molecule has 4 nitrogen and oxygen atoms in total. The van der Waals surface area contributed by atoms with E-state index in [1.54, 1.807) is 11.9 Å². The molecule has 0 saturated carbocycles. The second kappa shape index (κ2) is 8.55. The molecule has 0 spiro atoms. The van der Waals surface area contributed by atoms with Gasteiger partial charge in [0.25, 0.3) is 5.91 Å².